The van der Waals surface area contributed by atoms with Gasteiger partial charge in [0, 0.05) is 26.0 Å². The first-order valence-electron chi connectivity index (χ1n) is 8.18. The molecule has 1 saturated heterocycles. The molecular formula is C17H21N3O5S. The molecule has 1 N–H and O–H groups in total. The van der Waals surface area contributed by atoms with Crippen molar-refractivity contribution in [2.75, 3.05) is 26.4 Å². The molecule has 9 heteroatoms. The van der Waals surface area contributed by atoms with E-state index in [1.165, 1.54) is 14.1 Å². The van der Waals surface area contributed by atoms with Crippen molar-refractivity contribution in [1.82, 2.24) is 14.5 Å². The molecule has 140 valence electrons. The van der Waals surface area contributed by atoms with E-state index in [1.807, 2.05) is 18.2 Å². The number of carbonyl (C=O) groups excluding carboxylic acids is 2. The second-order valence-electron chi connectivity index (χ2n) is 6.61. The Morgan fingerprint density at radius 2 is 1.92 bits per heavy atom. The van der Waals surface area contributed by atoms with Gasteiger partial charge in [0.15, 0.2) is 5.54 Å². The Balaban J connectivity index is 1.77. The average molecular weight is 379 g/mol. The van der Waals surface area contributed by atoms with Crippen molar-refractivity contribution in [1.29, 1.82) is 0 Å². The third-order valence-corrected chi connectivity index (χ3v) is 6.45. The fraction of sp³-hybridized carbons (Fsp3) is 0.412. The van der Waals surface area contributed by atoms with Gasteiger partial charge >= 0.3 is 6.03 Å². The highest BCUT2D eigenvalue weighted by molar-refractivity contribution is 7.89. The van der Waals surface area contributed by atoms with Crippen molar-refractivity contribution in [3.63, 3.8) is 0 Å². The van der Waals surface area contributed by atoms with Crippen molar-refractivity contribution >= 4 is 32.9 Å². The molecule has 1 aromatic heterocycles. The van der Waals surface area contributed by atoms with Crippen molar-refractivity contribution in [2.24, 2.45) is 0 Å². The summed E-state index contributed by atoms with van der Waals surface area (Å²) in [6, 6.07) is 8.50. The topological polar surface area (TPSA) is 99.9 Å². The number of para-hydroxylation sites is 1. The molecule has 3 amide bonds. The van der Waals surface area contributed by atoms with Crippen LogP contribution in [0.15, 0.2) is 34.7 Å². The highest BCUT2D eigenvalue weighted by atomic mass is 32.2. The maximum Gasteiger partial charge on any atom is 0.325 e. The Bertz CT molecular complexity index is 933. The monoisotopic (exact) mass is 379 g/mol. The molecule has 1 aliphatic rings. The van der Waals surface area contributed by atoms with Crippen molar-refractivity contribution in [3.8, 4) is 0 Å². The van der Waals surface area contributed by atoms with E-state index in [2.05, 4.69) is 5.32 Å². The largest absolute Gasteiger partial charge is 0.458 e. The Hall–Kier alpha value is -2.39. The summed E-state index contributed by atoms with van der Waals surface area (Å²) < 4.78 is 30.5. The number of fused-ring (bicyclic) bond motifs is 1. The molecule has 1 aliphatic heterocycles. The van der Waals surface area contributed by atoms with Gasteiger partial charge in [0.25, 0.3) is 5.91 Å². The first kappa shape index (κ1) is 18.4. The fourth-order valence-electron chi connectivity index (χ4n) is 2.88. The number of urea groups is 1. The van der Waals surface area contributed by atoms with Gasteiger partial charge in [-0.3, -0.25) is 9.69 Å². The van der Waals surface area contributed by atoms with Gasteiger partial charge in [0.1, 0.15) is 11.3 Å². The third kappa shape index (κ3) is 3.08. The predicted octanol–water partition coefficient (Wildman–Crippen LogP) is 1.48. The molecule has 3 rings (SSSR count). The number of nitrogens with zero attached hydrogens (tertiary/aromatic N) is 2. The quantitative estimate of drug-likeness (QED) is 0.767. The van der Waals surface area contributed by atoms with Crippen LogP contribution < -0.4 is 5.32 Å². The first-order chi connectivity index (χ1) is 12.1. The lowest BCUT2D eigenvalue weighted by molar-refractivity contribution is -0.131. The number of carbonyl (C=O) groups is 2. The second-order valence-corrected chi connectivity index (χ2v) is 8.91. The second kappa shape index (κ2) is 6.40. The molecule has 0 aliphatic carbocycles. The van der Waals surface area contributed by atoms with Gasteiger partial charge in [0.2, 0.25) is 10.0 Å². The standard InChI is InChI=1S/C17H21N3O5S/c1-17(14-11-12-7-4-5-8-13(12)25-14)15(21)20(16(22)18-17)9-6-10-26(23,24)19(2)3/h4-5,7-8,11H,6,9-10H2,1-3H3,(H,18,22). The molecule has 26 heavy (non-hydrogen) atoms. The third-order valence-electron chi connectivity index (χ3n) is 4.53. The summed E-state index contributed by atoms with van der Waals surface area (Å²) in [4.78, 5) is 26.1. The number of imide groups is 1. The molecule has 0 radical (unpaired) electrons. The smallest absolute Gasteiger partial charge is 0.325 e. The summed E-state index contributed by atoms with van der Waals surface area (Å²) in [7, 11) is -0.486. The Morgan fingerprint density at radius 3 is 2.58 bits per heavy atom. The molecule has 1 unspecified atom stereocenters. The van der Waals surface area contributed by atoms with Gasteiger partial charge in [-0.25, -0.2) is 17.5 Å². The van der Waals surface area contributed by atoms with Crippen LogP contribution in [0.3, 0.4) is 0 Å². The van der Waals surface area contributed by atoms with Gasteiger partial charge < -0.3 is 9.73 Å². The molecule has 1 fully saturated rings. The molecule has 0 saturated carbocycles. The Kier molecular flexibility index (Phi) is 4.53. The summed E-state index contributed by atoms with van der Waals surface area (Å²) in [6.45, 7) is 1.61. The minimum Gasteiger partial charge on any atom is -0.458 e. The molecule has 2 heterocycles. The number of amides is 3. The Morgan fingerprint density at radius 1 is 1.23 bits per heavy atom. The SMILES string of the molecule is CN(C)S(=O)(=O)CCCN1C(=O)NC(C)(c2cc3ccccc3o2)C1=O. The van der Waals surface area contributed by atoms with Gasteiger partial charge in [-0.15, -0.1) is 0 Å². The van der Waals surface area contributed by atoms with E-state index in [9.17, 15) is 18.0 Å². The van der Waals surface area contributed by atoms with Crippen LogP contribution >= 0.6 is 0 Å². The molecule has 1 aromatic carbocycles. The van der Waals surface area contributed by atoms with Gasteiger partial charge in [-0.2, -0.15) is 0 Å². The molecule has 0 bridgehead atoms. The van der Waals surface area contributed by atoms with Gasteiger partial charge in [0.05, 0.1) is 5.75 Å². The minimum absolute atomic E-state index is 0.0214. The summed E-state index contributed by atoms with van der Waals surface area (Å²) >= 11 is 0. The van der Waals surface area contributed by atoms with Crippen LogP contribution in [0, 0.1) is 0 Å². The molecule has 0 spiro atoms. The number of benzene rings is 1. The van der Waals surface area contributed by atoms with Crippen LogP contribution in [-0.4, -0.2) is 56.0 Å². The first-order valence-corrected chi connectivity index (χ1v) is 9.79. The van der Waals surface area contributed by atoms with Crippen LogP contribution in [0.4, 0.5) is 4.79 Å². The van der Waals surface area contributed by atoms with Crippen molar-refractivity contribution in [3.05, 3.63) is 36.1 Å². The number of rotatable bonds is 6. The summed E-state index contributed by atoms with van der Waals surface area (Å²) in [5.74, 6) is -0.248. The van der Waals surface area contributed by atoms with Gasteiger partial charge in [-0.05, 0) is 25.5 Å². The zero-order chi connectivity index (χ0) is 19.1. The minimum atomic E-state index is -3.38. The average Bonchev–Trinajstić information content (AvgIpc) is 3.10. The summed E-state index contributed by atoms with van der Waals surface area (Å²) in [5, 5.41) is 3.50. The van der Waals surface area contributed by atoms with Gasteiger partial charge in [-0.1, -0.05) is 18.2 Å². The van der Waals surface area contributed by atoms with E-state index in [0.29, 0.717) is 11.3 Å². The normalized spacial score (nSPS) is 21.0. The van der Waals surface area contributed by atoms with E-state index in [1.54, 1.807) is 19.1 Å². The molecule has 8 nitrogen and oxygen atoms in total. The van der Waals surface area contributed by atoms with E-state index < -0.39 is 27.5 Å². The Labute approximate surface area is 151 Å². The molecule has 1 atom stereocenters. The van der Waals surface area contributed by atoms with Crippen molar-refractivity contribution in [2.45, 2.75) is 18.9 Å². The lowest BCUT2D eigenvalue weighted by Gasteiger charge is -2.19. The van der Waals surface area contributed by atoms with E-state index in [0.717, 1.165) is 14.6 Å². The maximum absolute atomic E-state index is 12.8. The highest BCUT2D eigenvalue weighted by Crippen LogP contribution is 2.33. The lowest BCUT2D eigenvalue weighted by Crippen LogP contribution is -2.40. The van der Waals surface area contributed by atoms with E-state index >= 15 is 0 Å². The zero-order valence-electron chi connectivity index (χ0n) is 14.9. The number of hydrogen-bond donors (Lipinski definition) is 1. The predicted molar refractivity (Wildman–Crippen MR) is 95.9 cm³/mol. The van der Waals surface area contributed by atoms with Crippen LogP contribution in [0.2, 0.25) is 0 Å². The molecule has 2 aromatic rings. The van der Waals surface area contributed by atoms with Crippen LogP contribution in [-0.2, 0) is 20.4 Å². The van der Waals surface area contributed by atoms with E-state index in [-0.39, 0.29) is 18.7 Å². The van der Waals surface area contributed by atoms with Crippen LogP contribution in [0.1, 0.15) is 19.1 Å². The summed E-state index contributed by atoms with van der Waals surface area (Å²) in [6.07, 6.45) is 0.163. The number of sulfonamides is 1. The lowest BCUT2D eigenvalue weighted by atomic mass is 9.99. The highest BCUT2D eigenvalue weighted by Gasteiger charge is 2.51. The number of furan rings is 1. The molecular weight excluding hydrogens is 358 g/mol. The number of hydrogen-bond acceptors (Lipinski definition) is 5. The van der Waals surface area contributed by atoms with Crippen LogP contribution in [0.5, 0.6) is 0 Å². The summed E-state index contributed by atoms with van der Waals surface area (Å²) in [5.41, 5.74) is -0.683. The number of nitrogens with one attached hydrogen (secondary N) is 1. The fourth-order valence-corrected chi connectivity index (χ4v) is 3.74. The van der Waals surface area contributed by atoms with E-state index in [4.69, 9.17) is 4.42 Å². The zero-order valence-corrected chi connectivity index (χ0v) is 15.7. The van der Waals surface area contributed by atoms with Crippen molar-refractivity contribution < 1.29 is 22.4 Å². The maximum atomic E-state index is 12.8. The van der Waals surface area contributed by atoms with Crippen LogP contribution in [0.25, 0.3) is 11.0 Å².